The molecule has 1 aromatic heterocycles. The molecule has 0 radical (unpaired) electrons. The van der Waals surface area contributed by atoms with Gasteiger partial charge in [0, 0.05) is 32.5 Å². The summed E-state index contributed by atoms with van der Waals surface area (Å²) >= 11 is 1.65. The first-order valence-electron chi connectivity index (χ1n) is 5.98. The summed E-state index contributed by atoms with van der Waals surface area (Å²) in [6, 6.07) is 0. The minimum absolute atomic E-state index is 0.788. The first-order valence-corrected chi connectivity index (χ1v) is 6.96. The molecule has 0 spiro atoms. The second-order valence-electron chi connectivity index (χ2n) is 3.65. The largest absolute Gasteiger partial charge is 0.380 e. The van der Waals surface area contributed by atoms with Gasteiger partial charge in [-0.15, -0.1) is 5.10 Å². The van der Waals surface area contributed by atoms with Crippen molar-refractivity contribution in [1.82, 2.24) is 25.5 Å². The Morgan fingerprint density at radius 2 is 2.24 bits per heavy atom. The summed E-state index contributed by atoms with van der Waals surface area (Å²) in [6.07, 6.45) is 2.34. The van der Waals surface area contributed by atoms with Crippen LogP contribution in [0.1, 0.15) is 19.8 Å². The summed E-state index contributed by atoms with van der Waals surface area (Å²) in [4.78, 5) is 0. The van der Waals surface area contributed by atoms with Crippen LogP contribution in [-0.4, -0.2) is 52.3 Å². The third-order valence-corrected chi connectivity index (χ3v) is 3.17. The van der Waals surface area contributed by atoms with E-state index >= 15 is 0 Å². The van der Waals surface area contributed by atoms with Gasteiger partial charge in [0.2, 0.25) is 5.16 Å². The van der Waals surface area contributed by atoms with Crippen LogP contribution in [-0.2, 0) is 11.8 Å². The van der Waals surface area contributed by atoms with Gasteiger partial charge in [-0.25, -0.2) is 4.68 Å². The van der Waals surface area contributed by atoms with E-state index in [9.17, 15) is 0 Å². The lowest BCUT2D eigenvalue weighted by Crippen LogP contribution is -2.22. The molecule has 0 saturated carbocycles. The fourth-order valence-electron chi connectivity index (χ4n) is 1.18. The number of hydrogen-bond acceptors (Lipinski definition) is 6. The molecule has 0 saturated heterocycles. The van der Waals surface area contributed by atoms with Gasteiger partial charge >= 0.3 is 0 Å². The Morgan fingerprint density at radius 3 is 2.94 bits per heavy atom. The van der Waals surface area contributed by atoms with Crippen molar-refractivity contribution in [2.75, 3.05) is 32.1 Å². The average molecular weight is 259 g/mol. The van der Waals surface area contributed by atoms with Gasteiger partial charge in [0.15, 0.2) is 0 Å². The Bertz CT molecular complexity index is 294. The SMILES string of the molecule is CCCCOCCNCCSc1nnnn1C. The van der Waals surface area contributed by atoms with Crippen molar-refractivity contribution in [2.45, 2.75) is 24.9 Å². The summed E-state index contributed by atoms with van der Waals surface area (Å²) < 4.78 is 7.12. The van der Waals surface area contributed by atoms with Crippen molar-refractivity contribution in [3.05, 3.63) is 0 Å². The fraction of sp³-hybridized carbons (Fsp3) is 0.900. The van der Waals surface area contributed by atoms with Crippen molar-refractivity contribution in [3.8, 4) is 0 Å². The first-order chi connectivity index (χ1) is 8.34. The number of unbranched alkanes of at least 4 members (excludes halogenated alkanes) is 1. The molecule has 1 rings (SSSR count). The third kappa shape index (κ3) is 6.60. The third-order valence-electron chi connectivity index (χ3n) is 2.16. The molecular formula is C10H21N5OS. The normalized spacial score (nSPS) is 10.9. The van der Waals surface area contributed by atoms with Gasteiger partial charge in [-0.05, 0) is 16.8 Å². The molecule has 0 aromatic carbocycles. The minimum Gasteiger partial charge on any atom is -0.380 e. The van der Waals surface area contributed by atoms with Gasteiger partial charge in [-0.1, -0.05) is 25.1 Å². The van der Waals surface area contributed by atoms with Crippen LogP contribution < -0.4 is 5.32 Å². The Kier molecular flexibility index (Phi) is 7.94. The van der Waals surface area contributed by atoms with E-state index in [1.165, 1.54) is 6.42 Å². The highest BCUT2D eigenvalue weighted by molar-refractivity contribution is 7.99. The van der Waals surface area contributed by atoms with Crippen LogP contribution in [0.3, 0.4) is 0 Å². The van der Waals surface area contributed by atoms with E-state index in [1.54, 1.807) is 16.4 Å². The lowest BCUT2D eigenvalue weighted by atomic mass is 10.4. The topological polar surface area (TPSA) is 64.9 Å². The van der Waals surface area contributed by atoms with Gasteiger partial charge < -0.3 is 10.1 Å². The Labute approximate surface area is 106 Å². The number of aromatic nitrogens is 4. The maximum absolute atomic E-state index is 5.44. The molecule has 0 aliphatic carbocycles. The standard InChI is InChI=1S/C10H21N5OS/c1-3-4-7-16-8-5-11-6-9-17-10-12-13-14-15(10)2/h11H,3-9H2,1-2H3. The summed E-state index contributed by atoms with van der Waals surface area (Å²) in [6.45, 7) is 5.67. The van der Waals surface area contributed by atoms with Crippen LogP contribution in [0.15, 0.2) is 5.16 Å². The summed E-state index contributed by atoms with van der Waals surface area (Å²) in [5.41, 5.74) is 0. The van der Waals surface area contributed by atoms with E-state index in [2.05, 4.69) is 27.8 Å². The number of hydrogen-bond donors (Lipinski definition) is 1. The zero-order valence-electron chi connectivity index (χ0n) is 10.6. The molecular weight excluding hydrogens is 238 g/mol. The Hall–Kier alpha value is -0.660. The van der Waals surface area contributed by atoms with E-state index in [0.29, 0.717) is 0 Å². The molecule has 0 bridgehead atoms. The van der Waals surface area contributed by atoms with Gasteiger partial charge in [0.1, 0.15) is 0 Å². The number of ether oxygens (including phenoxy) is 1. The van der Waals surface area contributed by atoms with Crippen LogP contribution in [0, 0.1) is 0 Å². The molecule has 98 valence electrons. The zero-order valence-corrected chi connectivity index (χ0v) is 11.4. The summed E-state index contributed by atoms with van der Waals surface area (Å²) in [5.74, 6) is 0.961. The molecule has 0 atom stereocenters. The van der Waals surface area contributed by atoms with Gasteiger partial charge in [-0.2, -0.15) is 0 Å². The average Bonchev–Trinajstić information content (AvgIpc) is 2.73. The smallest absolute Gasteiger partial charge is 0.209 e. The lowest BCUT2D eigenvalue weighted by Gasteiger charge is -2.05. The minimum atomic E-state index is 0.788. The number of aryl methyl sites for hydroxylation is 1. The van der Waals surface area contributed by atoms with E-state index in [0.717, 1.165) is 43.6 Å². The highest BCUT2D eigenvalue weighted by Gasteiger charge is 2.01. The molecule has 1 N–H and O–H groups in total. The van der Waals surface area contributed by atoms with Crippen LogP contribution >= 0.6 is 11.8 Å². The number of nitrogens with zero attached hydrogens (tertiary/aromatic N) is 4. The van der Waals surface area contributed by atoms with Crippen molar-refractivity contribution in [2.24, 2.45) is 7.05 Å². The number of nitrogens with one attached hydrogen (secondary N) is 1. The van der Waals surface area contributed by atoms with Crippen molar-refractivity contribution in [3.63, 3.8) is 0 Å². The molecule has 7 heteroatoms. The molecule has 6 nitrogen and oxygen atoms in total. The van der Waals surface area contributed by atoms with Gasteiger partial charge in [-0.3, -0.25) is 0 Å². The second kappa shape index (κ2) is 9.38. The lowest BCUT2D eigenvalue weighted by molar-refractivity contribution is 0.133. The van der Waals surface area contributed by atoms with E-state index in [-0.39, 0.29) is 0 Å². The van der Waals surface area contributed by atoms with E-state index < -0.39 is 0 Å². The molecule has 17 heavy (non-hydrogen) atoms. The fourth-order valence-corrected chi connectivity index (χ4v) is 1.92. The van der Waals surface area contributed by atoms with Gasteiger partial charge in [0.05, 0.1) is 6.61 Å². The van der Waals surface area contributed by atoms with Crippen LogP contribution in [0.4, 0.5) is 0 Å². The maximum Gasteiger partial charge on any atom is 0.209 e. The van der Waals surface area contributed by atoms with E-state index in [4.69, 9.17) is 4.74 Å². The van der Waals surface area contributed by atoms with Gasteiger partial charge in [0.25, 0.3) is 0 Å². The monoisotopic (exact) mass is 259 g/mol. The number of thioether (sulfide) groups is 1. The molecule has 1 heterocycles. The van der Waals surface area contributed by atoms with Crippen molar-refractivity contribution >= 4 is 11.8 Å². The first kappa shape index (κ1) is 14.4. The number of tetrazole rings is 1. The second-order valence-corrected chi connectivity index (χ2v) is 4.71. The highest BCUT2D eigenvalue weighted by Crippen LogP contribution is 2.10. The Morgan fingerprint density at radius 1 is 1.35 bits per heavy atom. The molecule has 0 fully saturated rings. The predicted octanol–water partition coefficient (Wildman–Crippen LogP) is 0.708. The van der Waals surface area contributed by atoms with Crippen LogP contribution in [0.2, 0.25) is 0 Å². The molecule has 0 aliphatic heterocycles. The van der Waals surface area contributed by atoms with Crippen LogP contribution in [0.25, 0.3) is 0 Å². The summed E-state index contributed by atoms with van der Waals surface area (Å²) in [7, 11) is 1.84. The zero-order chi connectivity index (χ0) is 12.3. The van der Waals surface area contributed by atoms with Crippen molar-refractivity contribution < 1.29 is 4.74 Å². The highest BCUT2D eigenvalue weighted by atomic mass is 32.2. The molecule has 0 aliphatic rings. The molecule has 0 unspecified atom stereocenters. The quantitative estimate of drug-likeness (QED) is 0.493. The molecule has 0 amide bonds. The number of rotatable bonds is 10. The predicted molar refractivity (Wildman–Crippen MR) is 68.1 cm³/mol. The van der Waals surface area contributed by atoms with Crippen molar-refractivity contribution in [1.29, 1.82) is 0 Å². The van der Waals surface area contributed by atoms with E-state index in [1.807, 2.05) is 7.05 Å². The maximum atomic E-state index is 5.44. The summed E-state index contributed by atoms with van der Waals surface area (Å²) in [5, 5.41) is 15.4. The molecule has 1 aromatic rings. The van der Waals surface area contributed by atoms with Crippen LogP contribution in [0.5, 0.6) is 0 Å². The Balaban J connectivity index is 1.86.